The van der Waals surface area contributed by atoms with E-state index in [-0.39, 0.29) is 23.8 Å². The number of aromatic nitrogens is 4. The Morgan fingerprint density at radius 2 is 1.74 bits per heavy atom. The van der Waals surface area contributed by atoms with Crippen LogP contribution in [0.2, 0.25) is 0 Å². The summed E-state index contributed by atoms with van der Waals surface area (Å²) in [7, 11) is 0. The number of hydrogen-bond donors (Lipinski definition) is 0. The topological polar surface area (TPSA) is 61.4 Å². The number of rotatable bonds is 5. The van der Waals surface area contributed by atoms with Gasteiger partial charge in [-0.25, -0.2) is 18.4 Å². The molecule has 0 aliphatic heterocycles. The second kappa shape index (κ2) is 8.55. The van der Waals surface area contributed by atoms with Crippen molar-refractivity contribution in [3.63, 3.8) is 0 Å². The van der Waals surface area contributed by atoms with Crippen molar-refractivity contribution in [2.45, 2.75) is 20.5 Å². The van der Waals surface area contributed by atoms with Gasteiger partial charge in [0.1, 0.15) is 23.9 Å². The molecule has 6 nitrogen and oxygen atoms in total. The van der Waals surface area contributed by atoms with Crippen molar-refractivity contribution in [3.8, 4) is 22.7 Å². The lowest BCUT2D eigenvalue weighted by Gasteiger charge is -2.11. The smallest absolute Gasteiger partial charge is 0.267 e. The van der Waals surface area contributed by atoms with Crippen LogP contribution in [0.15, 0.2) is 77.7 Å². The molecule has 8 heteroatoms. The quantitative estimate of drug-likeness (QED) is 0.371. The molecule has 5 rings (SSSR count). The molecule has 5 aromatic rings. The number of nitrogens with zero attached hydrogens (tertiary/aromatic N) is 4. The Balaban J connectivity index is 1.55. The molecule has 0 atom stereocenters. The maximum absolute atomic E-state index is 13.7. The number of halogens is 2. The van der Waals surface area contributed by atoms with Crippen molar-refractivity contribution in [3.05, 3.63) is 112 Å². The first-order chi connectivity index (χ1) is 16.4. The van der Waals surface area contributed by atoms with Gasteiger partial charge in [0.05, 0.1) is 16.9 Å². The molecular weight excluding hydrogens is 438 g/mol. The maximum atomic E-state index is 13.7. The van der Waals surface area contributed by atoms with E-state index in [0.717, 1.165) is 11.3 Å². The summed E-state index contributed by atoms with van der Waals surface area (Å²) >= 11 is 0. The van der Waals surface area contributed by atoms with E-state index in [0.29, 0.717) is 34.0 Å². The van der Waals surface area contributed by atoms with Crippen LogP contribution in [-0.2, 0) is 6.61 Å². The van der Waals surface area contributed by atoms with Gasteiger partial charge in [-0.2, -0.15) is 5.10 Å². The molecule has 2 aromatic carbocycles. The van der Waals surface area contributed by atoms with Crippen LogP contribution >= 0.6 is 0 Å². The van der Waals surface area contributed by atoms with E-state index in [4.69, 9.17) is 4.74 Å². The highest BCUT2D eigenvalue weighted by Crippen LogP contribution is 2.24. The Bertz CT molecular complexity index is 1570. The van der Waals surface area contributed by atoms with Gasteiger partial charge in [0.2, 0.25) is 0 Å². The Hall–Kier alpha value is -4.33. The zero-order valence-electron chi connectivity index (χ0n) is 18.5. The van der Waals surface area contributed by atoms with E-state index >= 15 is 0 Å². The number of pyridine rings is 1. The summed E-state index contributed by atoms with van der Waals surface area (Å²) in [6.07, 6.45) is 1.62. The predicted molar refractivity (Wildman–Crippen MR) is 124 cm³/mol. The molecule has 0 bridgehead atoms. The molecule has 0 unspecified atom stereocenters. The van der Waals surface area contributed by atoms with Crippen molar-refractivity contribution in [1.29, 1.82) is 0 Å². The fourth-order valence-electron chi connectivity index (χ4n) is 3.86. The number of hydrogen-bond acceptors (Lipinski definition) is 4. The van der Waals surface area contributed by atoms with E-state index in [9.17, 15) is 13.6 Å². The van der Waals surface area contributed by atoms with Crippen LogP contribution in [0.4, 0.5) is 8.78 Å². The molecular formula is C26H20F2N4O2. The SMILES string of the molecule is Cc1nc2c(OCc3ccc(F)cc3)cccn2c(=O)c1-c1cc(C)n(-c2cccc(F)c2)n1. The van der Waals surface area contributed by atoms with Crippen molar-refractivity contribution < 1.29 is 13.5 Å². The van der Waals surface area contributed by atoms with Gasteiger partial charge in [-0.1, -0.05) is 18.2 Å². The average Bonchev–Trinajstić information content (AvgIpc) is 3.20. The monoisotopic (exact) mass is 458 g/mol. The molecule has 0 aliphatic carbocycles. The molecule has 0 fully saturated rings. The second-order valence-electron chi connectivity index (χ2n) is 7.92. The van der Waals surface area contributed by atoms with Crippen molar-refractivity contribution in [2.75, 3.05) is 0 Å². The molecule has 0 saturated heterocycles. The molecule has 0 radical (unpaired) electrons. The first kappa shape index (κ1) is 21.5. The zero-order valence-corrected chi connectivity index (χ0v) is 18.5. The van der Waals surface area contributed by atoms with Crippen LogP contribution < -0.4 is 10.3 Å². The second-order valence-corrected chi connectivity index (χ2v) is 7.92. The van der Waals surface area contributed by atoms with Crippen molar-refractivity contribution in [1.82, 2.24) is 19.2 Å². The van der Waals surface area contributed by atoms with E-state index < -0.39 is 0 Å². The van der Waals surface area contributed by atoms with Crippen LogP contribution in [0.3, 0.4) is 0 Å². The highest BCUT2D eigenvalue weighted by molar-refractivity contribution is 5.65. The Kier molecular flexibility index (Phi) is 5.41. The Morgan fingerprint density at radius 1 is 0.941 bits per heavy atom. The Morgan fingerprint density at radius 3 is 2.50 bits per heavy atom. The minimum atomic E-state index is -0.370. The fraction of sp³-hybridized carbons (Fsp3) is 0.115. The first-order valence-electron chi connectivity index (χ1n) is 10.6. The average molecular weight is 458 g/mol. The van der Waals surface area contributed by atoms with Gasteiger partial charge in [0.25, 0.3) is 5.56 Å². The van der Waals surface area contributed by atoms with Crippen molar-refractivity contribution in [2.24, 2.45) is 0 Å². The third-order valence-corrected chi connectivity index (χ3v) is 5.50. The van der Waals surface area contributed by atoms with E-state index in [1.54, 1.807) is 60.3 Å². The van der Waals surface area contributed by atoms with Gasteiger partial charge in [-0.3, -0.25) is 9.20 Å². The summed E-state index contributed by atoms with van der Waals surface area (Å²) in [5, 5.41) is 4.56. The lowest BCUT2D eigenvalue weighted by molar-refractivity contribution is 0.307. The van der Waals surface area contributed by atoms with Gasteiger partial charge in [-0.15, -0.1) is 0 Å². The van der Waals surface area contributed by atoms with Crippen LogP contribution in [0.1, 0.15) is 17.0 Å². The summed E-state index contributed by atoms with van der Waals surface area (Å²) in [5.74, 6) is -0.258. The van der Waals surface area contributed by atoms with Crippen LogP contribution in [-0.4, -0.2) is 19.2 Å². The molecule has 3 heterocycles. The molecule has 0 aliphatic rings. The molecule has 0 amide bonds. The molecule has 3 aromatic heterocycles. The Labute approximate surface area is 193 Å². The molecule has 0 saturated carbocycles. The molecule has 34 heavy (non-hydrogen) atoms. The summed E-state index contributed by atoms with van der Waals surface area (Å²) in [4.78, 5) is 18.1. The fourth-order valence-corrected chi connectivity index (χ4v) is 3.86. The summed E-state index contributed by atoms with van der Waals surface area (Å²) < 4.78 is 35.8. The van der Waals surface area contributed by atoms with Gasteiger partial charge >= 0.3 is 0 Å². The first-order valence-corrected chi connectivity index (χ1v) is 10.6. The summed E-state index contributed by atoms with van der Waals surface area (Å²) in [5.41, 5.74) is 3.47. The maximum Gasteiger partial charge on any atom is 0.267 e. The van der Waals surface area contributed by atoms with Gasteiger partial charge in [0, 0.05) is 11.9 Å². The summed E-state index contributed by atoms with van der Waals surface area (Å²) in [6, 6.07) is 17.3. The van der Waals surface area contributed by atoms with Crippen LogP contribution in [0, 0.1) is 25.5 Å². The summed E-state index contributed by atoms with van der Waals surface area (Å²) in [6.45, 7) is 3.78. The minimum Gasteiger partial charge on any atom is -0.485 e. The third-order valence-electron chi connectivity index (χ3n) is 5.50. The lowest BCUT2D eigenvalue weighted by atomic mass is 10.1. The minimum absolute atomic E-state index is 0.202. The van der Waals surface area contributed by atoms with Crippen molar-refractivity contribution >= 4 is 5.65 Å². The number of aryl methyl sites for hydroxylation is 2. The van der Waals surface area contributed by atoms with Gasteiger partial charge in [0.15, 0.2) is 11.4 Å². The van der Waals surface area contributed by atoms with E-state index in [2.05, 4.69) is 10.1 Å². The van der Waals surface area contributed by atoms with Crippen LogP contribution in [0.25, 0.3) is 22.6 Å². The number of ether oxygens (including phenoxy) is 1. The van der Waals surface area contributed by atoms with Crippen LogP contribution in [0.5, 0.6) is 5.75 Å². The normalized spacial score (nSPS) is 11.2. The highest BCUT2D eigenvalue weighted by Gasteiger charge is 2.18. The lowest BCUT2D eigenvalue weighted by Crippen LogP contribution is -2.19. The molecule has 0 spiro atoms. The predicted octanol–water partition coefficient (Wildman–Crippen LogP) is 5.02. The number of fused-ring (bicyclic) bond motifs is 1. The van der Waals surface area contributed by atoms with E-state index in [1.165, 1.54) is 28.7 Å². The standard InChI is InChI=1S/C26H20F2N4O2/c1-16-13-22(30-32(16)21-6-3-5-20(28)14-21)24-17(2)29-25-23(7-4-12-31(25)26(24)33)34-15-18-8-10-19(27)11-9-18/h3-14H,15H2,1-2H3. The highest BCUT2D eigenvalue weighted by atomic mass is 19.1. The van der Waals surface area contributed by atoms with Gasteiger partial charge < -0.3 is 4.74 Å². The largest absolute Gasteiger partial charge is 0.485 e. The van der Waals surface area contributed by atoms with Gasteiger partial charge in [-0.05, 0) is 67.9 Å². The molecule has 0 N–H and O–H groups in total. The number of benzene rings is 2. The third kappa shape index (κ3) is 3.94. The zero-order chi connectivity index (χ0) is 23.8. The molecule has 170 valence electrons. The van der Waals surface area contributed by atoms with E-state index in [1.807, 2.05) is 6.92 Å².